The Morgan fingerprint density at radius 1 is 1.21 bits per heavy atom. The molecule has 2 fully saturated rings. The lowest BCUT2D eigenvalue weighted by molar-refractivity contribution is -0.139. The summed E-state index contributed by atoms with van der Waals surface area (Å²) >= 11 is 0. The molecule has 2 saturated carbocycles. The molecule has 3 nitrogen and oxygen atoms in total. The van der Waals surface area contributed by atoms with E-state index in [1.165, 1.54) is 25.7 Å². The first-order valence-corrected chi connectivity index (χ1v) is 8.13. The molecule has 0 heterocycles. The van der Waals surface area contributed by atoms with Gasteiger partial charge in [-0.25, -0.2) is 0 Å². The molecule has 2 N–H and O–H groups in total. The summed E-state index contributed by atoms with van der Waals surface area (Å²) in [6.07, 6.45) is 10.0. The molecular weight excluding hydrogens is 236 g/mol. The maximum atomic E-state index is 12.9. The van der Waals surface area contributed by atoms with Crippen LogP contribution in [0, 0.1) is 5.92 Å². The van der Waals surface area contributed by atoms with E-state index >= 15 is 0 Å². The highest BCUT2D eigenvalue weighted by Gasteiger charge is 2.42. The van der Waals surface area contributed by atoms with E-state index in [-0.39, 0.29) is 5.91 Å². The minimum Gasteiger partial charge on any atom is -0.338 e. The van der Waals surface area contributed by atoms with Crippen molar-refractivity contribution in [2.45, 2.75) is 83.2 Å². The number of hydrogen-bond acceptors (Lipinski definition) is 2. The lowest BCUT2D eigenvalue weighted by atomic mass is 9.95. The molecule has 0 aromatic rings. The Bertz CT molecular complexity index is 302. The van der Waals surface area contributed by atoms with Gasteiger partial charge in [-0.05, 0) is 38.0 Å². The molecule has 0 aromatic carbocycles. The van der Waals surface area contributed by atoms with Gasteiger partial charge in [0, 0.05) is 12.6 Å². The maximum absolute atomic E-state index is 12.9. The molecule has 0 bridgehead atoms. The van der Waals surface area contributed by atoms with Gasteiger partial charge in [-0.15, -0.1) is 0 Å². The molecule has 0 unspecified atom stereocenters. The summed E-state index contributed by atoms with van der Waals surface area (Å²) in [6.45, 7) is 5.36. The van der Waals surface area contributed by atoms with E-state index in [9.17, 15) is 4.79 Å². The van der Waals surface area contributed by atoms with E-state index in [1.54, 1.807) is 0 Å². The third-order valence-corrected chi connectivity index (χ3v) is 4.90. The van der Waals surface area contributed by atoms with Crippen LogP contribution in [-0.4, -0.2) is 28.9 Å². The van der Waals surface area contributed by atoms with Gasteiger partial charge >= 0.3 is 0 Å². The number of carbonyl (C=O) groups is 1. The molecule has 110 valence electrons. The van der Waals surface area contributed by atoms with Crippen molar-refractivity contribution < 1.29 is 4.79 Å². The average Bonchev–Trinajstić information content (AvgIpc) is 3.01. The van der Waals surface area contributed by atoms with Crippen molar-refractivity contribution in [2.75, 3.05) is 6.54 Å². The van der Waals surface area contributed by atoms with Crippen LogP contribution < -0.4 is 5.73 Å². The Hall–Kier alpha value is -0.570. The molecule has 2 rings (SSSR count). The fourth-order valence-corrected chi connectivity index (χ4v) is 3.57. The Morgan fingerprint density at radius 3 is 2.32 bits per heavy atom. The maximum Gasteiger partial charge on any atom is 0.242 e. The largest absolute Gasteiger partial charge is 0.338 e. The molecule has 19 heavy (non-hydrogen) atoms. The molecule has 0 aliphatic heterocycles. The van der Waals surface area contributed by atoms with Crippen molar-refractivity contribution in [3.63, 3.8) is 0 Å². The number of rotatable bonds is 5. The average molecular weight is 266 g/mol. The van der Waals surface area contributed by atoms with Crippen molar-refractivity contribution in [1.29, 1.82) is 0 Å². The van der Waals surface area contributed by atoms with E-state index in [4.69, 9.17) is 5.73 Å². The van der Waals surface area contributed by atoms with Crippen LogP contribution in [-0.2, 0) is 4.79 Å². The first-order valence-electron chi connectivity index (χ1n) is 8.13. The van der Waals surface area contributed by atoms with Crippen LogP contribution in [0.1, 0.15) is 71.6 Å². The number of amides is 1. The first kappa shape index (κ1) is 14.8. The molecular formula is C16H30N2O. The molecule has 3 heteroatoms. The summed E-state index contributed by atoms with van der Waals surface area (Å²) in [7, 11) is 0. The monoisotopic (exact) mass is 266 g/mol. The van der Waals surface area contributed by atoms with Gasteiger partial charge in [0.1, 0.15) is 0 Å². The fourth-order valence-electron chi connectivity index (χ4n) is 3.57. The number of carbonyl (C=O) groups excluding carboxylic acids is 1. The third kappa shape index (κ3) is 3.50. The lowest BCUT2D eigenvalue weighted by Crippen LogP contribution is -2.56. The quantitative estimate of drug-likeness (QED) is 0.831. The molecule has 0 aromatic heterocycles. The Balaban J connectivity index is 2.04. The second kappa shape index (κ2) is 6.25. The van der Waals surface area contributed by atoms with Crippen molar-refractivity contribution in [2.24, 2.45) is 11.7 Å². The molecule has 2 aliphatic rings. The summed E-state index contributed by atoms with van der Waals surface area (Å²) in [5, 5.41) is 0. The predicted molar refractivity (Wildman–Crippen MR) is 78.8 cm³/mol. The van der Waals surface area contributed by atoms with Crippen LogP contribution in [0.4, 0.5) is 0 Å². The van der Waals surface area contributed by atoms with Gasteiger partial charge < -0.3 is 10.6 Å². The van der Waals surface area contributed by atoms with Gasteiger partial charge in [0.2, 0.25) is 5.91 Å². The predicted octanol–water partition coefficient (Wildman–Crippen LogP) is 3.08. The van der Waals surface area contributed by atoms with Crippen molar-refractivity contribution >= 4 is 5.91 Å². The molecule has 0 spiro atoms. The Kier molecular flexibility index (Phi) is 4.88. The van der Waals surface area contributed by atoms with Crippen molar-refractivity contribution in [3.8, 4) is 0 Å². The van der Waals surface area contributed by atoms with Crippen LogP contribution in [0.25, 0.3) is 0 Å². The summed E-state index contributed by atoms with van der Waals surface area (Å²) in [5.41, 5.74) is 5.84. The minimum absolute atomic E-state index is 0.248. The smallest absolute Gasteiger partial charge is 0.242 e. The molecule has 0 atom stereocenters. The standard InChI is InChI=1S/C16H30N2O/c1-13(2)9-12-18(14-7-3-4-8-14)15(19)16(17)10-5-6-11-16/h13-14H,3-12,17H2,1-2H3. The zero-order chi connectivity index (χ0) is 13.9. The first-order chi connectivity index (χ1) is 9.03. The van der Waals surface area contributed by atoms with Gasteiger partial charge in [-0.1, -0.05) is 39.5 Å². The van der Waals surface area contributed by atoms with Crippen LogP contribution in [0.15, 0.2) is 0 Å². The molecule has 2 aliphatic carbocycles. The van der Waals surface area contributed by atoms with Crippen LogP contribution >= 0.6 is 0 Å². The number of nitrogens with two attached hydrogens (primary N) is 1. The van der Waals surface area contributed by atoms with Crippen LogP contribution in [0.2, 0.25) is 0 Å². The van der Waals surface area contributed by atoms with Gasteiger partial charge in [-0.2, -0.15) is 0 Å². The molecule has 1 amide bonds. The SMILES string of the molecule is CC(C)CCN(C(=O)C1(N)CCCC1)C1CCCC1. The van der Waals surface area contributed by atoms with E-state index in [1.807, 2.05) is 0 Å². The summed E-state index contributed by atoms with van der Waals surface area (Å²) in [4.78, 5) is 15.0. The van der Waals surface area contributed by atoms with Crippen molar-refractivity contribution in [3.05, 3.63) is 0 Å². The minimum atomic E-state index is -0.542. The summed E-state index contributed by atoms with van der Waals surface area (Å²) in [5.74, 6) is 0.895. The topological polar surface area (TPSA) is 46.3 Å². The number of nitrogens with zero attached hydrogens (tertiary/aromatic N) is 1. The molecule has 0 radical (unpaired) electrons. The number of hydrogen-bond donors (Lipinski definition) is 1. The van der Waals surface area contributed by atoms with Gasteiger partial charge in [-0.3, -0.25) is 4.79 Å². The van der Waals surface area contributed by atoms with Crippen molar-refractivity contribution in [1.82, 2.24) is 4.90 Å². The van der Waals surface area contributed by atoms with E-state index in [0.717, 1.165) is 38.6 Å². The van der Waals surface area contributed by atoms with E-state index < -0.39 is 5.54 Å². The van der Waals surface area contributed by atoms with E-state index in [0.29, 0.717) is 12.0 Å². The van der Waals surface area contributed by atoms with Gasteiger partial charge in [0.05, 0.1) is 5.54 Å². The highest BCUT2D eigenvalue weighted by atomic mass is 16.2. The van der Waals surface area contributed by atoms with Gasteiger partial charge in [0.25, 0.3) is 0 Å². The third-order valence-electron chi connectivity index (χ3n) is 4.90. The zero-order valence-corrected chi connectivity index (χ0v) is 12.7. The van der Waals surface area contributed by atoms with Gasteiger partial charge in [0.15, 0.2) is 0 Å². The Morgan fingerprint density at radius 2 is 1.79 bits per heavy atom. The second-order valence-corrected chi connectivity index (χ2v) is 6.98. The highest BCUT2D eigenvalue weighted by Crippen LogP contribution is 2.32. The Labute approximate surface area is 117 Å². The zero-order valence-electron chi connectivity index (χ0n) is 12.7. The van der Waals surface area contributed by atoms with E-state index in [2.05, 4.69) is 18.7 Å². The highest BCUT2D eigenvalue weighted by molar-refractivity contribution is 5.86. The second-order valence-electron chi connectivity index (χ2n) is 6.98. The normalized spacial score (nSPS) is 23.2. The summed E-state index contributed by atoms with van der Waals surface area (Å²) < 4.78 is 0. The fraction of sp³-hybridized carbons (Fsp3) is 0.938. The molecule has 0 saturated heterocycles. The van der Waals surface area contributed by atoms with Crippen LogP contribution in [0.3, 0.4) is 0 Å². The van der Waals surface area contributed by atoms with Crippen LogP contribution in [0.5, 0.6) is 0 Å². The summed E-state index contributed by atoms with van der Waals surface area (Å²) in [6, 6.07) is 0.465. The lowest BCUT2D eigenvalue weighted by Gasteiger charge is -2.36.